The predicted molar refractivity (Wildman–Crippen MR) is 71.0 cm³/mol. The third-order valence-corrected chi connectivity index (χ3v) is 3.24. The number of carboxylic acid groups (broad SMARTS) is 3. The van der Waals surface area contributed by atoms with Gasteiger partial charge in [0.1, 0.15) is 0 Å². The van der Waals surface area contributed by atoms with E-state index in [9.17, 15) is 0 Å². The Hall–Kier alpha value is -1.57. The van der Waals surface area contributed by atoms with E-state index in [1.807, 2.05) is 0 Å². The molecule has 0 fully saturated rings. The van der Waals surface area contributed by atoms with Gasteiger partial charge >= 0.3 is 46.7 Å². The van der Waals surface area contributed by atoms with Crippen molar-refractivity contribution in [1.82, 2.24) is 0 Å². The van der Waals surface area contributed by atoms with Crippen LogP contribution in [-0.4, -0.2) is 40.4 Å². The molecular weight excluding hydrogens is 371 g/mol. The first-order chi connectivity index (χ1) is 9.08. The second-order valence-corrected chi connectivity index (χ2v) is 4.33. The SMILES string of the molecule is C=CC(=O)[O-].C=CC(=O)[O-].C=CC(=O)[O-].CC(C)[CH2][Sn+3]. The fourth-order valence-electron chi connectivity index (χ4n) is 0. The average Bonchev–Trinajstić information content (AvgIpc) is 2.40. The van der Waals surface area contributed by atoms with Gasteiger partial charge in [0.05, 0.1) is 17.9 Å². The fraction of sp³-hybridized carbons (Fsp3) is 0.308. The fourth-order valence-corrected chi connectivity index (χ4v) is 0. The van der Waals surface area contributed by atoms with Gasteiger partial charge in [-0.2, -0.15) is 0 Å². The zero-order valence-electron chi connectivity index (χ0n) is 11.6. The number of rotatable bonds is 4. The van der Waals surface area contributed by atoms with Crippen LogP contribution in [0.4, 0.5) is 0 Å². The summed E-state index contributed by atoms with van der Waals surface area (Å²) >= 11 is 1.66. The summed E-state index contributed by atoms with van der Waals surface area (Å²) in [6.07, 6.45) is 2.17. The molecule has 0 saturated heterocycles. The van der Waals surface area contributed by atoms with Gasteiger partial charge in [-0.25, -0.2) is 0 Å². The molecule has 0 aliphatic rings. The second-order valence-electron chi connectivity index (χ2n) is 3.17. The van der Waals surface area contributed by atoms with Crippen molar-refractivity contribution in [3.8, 4) is 0 Å². The summed E-state index contributed by atoms with van der Waals surface area (Å²) in [7, 11) is 0. The molecule has 0 atom stereocenters. The molecule has 0 aromatic rings. The second kappa shape index (κ2) is 22.6. The predicted octanol–water partition coefficient (Wildman–Crippen LogP) is -2.00. The van der Waals surface area contributed by atoms with Gasteiger partial charge in [-0.15, -0.1) is 0 Å². The van der Waals surface area contributed by atoms with Crippen LogP contribution in [0.2, 0.25) is 4.44 Å². The Morgan fingerprint density at radius 2 is 1.00 bits per heavy atom. The van der Waals surface area contributed by atoms with Gasteiger partial charge in [0.2, 0.25) is 0 Å². The first-order valence-electron chi connectivity index (χ1n) is 5.23. The molecule has 0 spiro atoms. The van der Waals surface area contributed by atoms with Crippen molar-refractivity contribution in [1.29, 1.82) is 0 Å². The van der Waals surface area contributed by atoms with Crippen LogP contribution in [0.3, 0.4) is 0 Å². The number of hydrogen-bond acceptors (Lipinski definition) is 6. The van der Waals surface area contributed by atoms with Gasteiger partial charge in [-0.1, -0.05) is 19.7 Å². The molecule has 0 aliphatic heterocycles. The Labute approximate surface area is 132 Å². The molecule has 0 unspecified atom stereocenters. The molecule has 0 aromatic carbocycles. The van der Waals surface area contributed by atoms with E-state index < -0.39 is 17.9 Å². The summed E-state index contributed by atoms with van der Waals surface area (Å²) < 4.78 is 1.40. The van der Waals surface area contributed by atoms with E-state index in [1.54, 1.807) is 22.5 Å². The molecule has 6 nitrogen and oxygen atoms in total. The summed E-state index contributed by atoms with van der Waals surface area (Å²) in [6, 6.07) is 0. The minimum absolute atomic E-state index is 0.722. The normalized spacial score (nSPS) is 7.25. The maximum atomic E-state index is 9.14. The van der Waals surface area contributed by atoms with Crippen molar-refractivity contribution in [2.45, 2.75) is 18.3 Å². The van der Waals surface area contributed by atoms with Crippen molar-refractivity contribution >= 4 is 40.4 Å². The topological polar surface area (TPSA) is 120 Å². The molecule has 0 aromatic heterocycles. The standard InChI is InChI=1S/C4H9.3C3H4O2.Sn/c1-4(2)3;3*1-2-3(4)5;/h4H,1H2,2-3H3;3*2H,1H2,(H,4,5);/q;;;;+3/p-3. The third kappa shape index (κ3) is 94.6. The van der Waals surface area contributed by atoms with Crippen molar-refractivity contribution < 1.29 is 29.7 Å². The molecule has 0 saturated carbocycles. The average molecular weight is 389 g/mol. The van der Waals surface area contributed by atoms with Crippen LogP contribution in [0.25, 0.3) is 0 Å². The summed E-state index contributed by atoms with van der Waals surface area (Å²) in [4.78, 5) is 27.4. The van der Waals surface area contributed by atoms with E-state index in [0.29, 0.717) is 0 Å². The van der Waals surface area contributed by atoms with Gasteiger partial charge in [-0.3, -0.25) is 0 Å². The van der Waals surface area contributed by atoms with Crippen molar-refractivity contribution in [2.24, 2.45) is 5.92 Å². The quantitative estimate of drug-likeness (QED) is 0.405. The summed E-state index contributed by atoms with van der Waals surface area (Å²) in [6.45, 7) is 13.2. The Morgan fingerprint density at radius 1 is 0.900 bits per heavy atom. The summed E-state index contributed by atoms with van der Waals surface area (Å²) in [5, 5.41) is 27.4. The van der Waals surface area contributed by atoms with Gasteiger partial charge in [0.25, 0.3) is 0 Å². The van der Waals surface area contributed by atoms with E-state index in [2.05, 4.69) is 33.6 Å². The van der Waals surface area contributed by atoms with Gasteiger partial charge in [-0.05, 0) is 18.2 Å². The molecule has 7 heteroatoms. The number of carbonyl (C=O) groups excluding carboxylic acids is 3. The Bertz CT molecular complexity index is 267. The number of aliphatic carboxylic acids is 3. The van der Waals surface area contributed by atoms with E-state index >= 15 is 0 Å². The van der Waals surface area contributed by atoms with Crippen LogP contribution in [0.5, 0.6) is 0 Å². The molecule has 0 heterocycles. The van der Waals surface area contributed by atoms with Crippen LogP contribution in [0.15, 0.2) is 38.0 Å². The van der Waals surface area contributed by atoms with Crippen molar-refractivity contribution in [2.75, 3.05) is 0 Å². The van der Waals surface area contributed by atoms with E-state index in [-0.39, 0.29) is 0 Å². The monoisotopic (exact) mass is 390 g/mol. The molecule has 0 rings (SSSR count). The molecule has 0 N–H and O–H groups in total. The molecular formula is C13H18O6Sn. The van der Waals surface area contributed by atoms with Crippen LogP contribution < -0.4 is 15.3 Å². The van der Waals surface area contributed by atoms with Crippen molar-refractivity contribution in [3.05, 3.63) is 38.0 Å². The minimum atomic E-state index is -1.23. The van der Waals surface area contributed by atoms with Crippen LogP contribution >= 0.6 is 0 Å². The molecule has 0 radical (unpaired) electrons. The first kappa shape index (κ1) is 26.9. The molecule has 0 amide bonds. The van der Waals surface area contributed by atoms with Crippen LogP contribution in [-0.2, 0) is 14.4 Å². The zero-order valence-corrected chi connectivity index (χ0v) is 14.4. The third-order valence-electron chi connectivity index (χ3n) is 0.908. The Kier molecular flexibility index (Phi) is 30.4. The van der Waals surface area contributed by atoms with E-state index in [4.69, 9.17) is 29.7 Å². The van der Waals surface area contributed by atoms with E-state index in [0.717, 1.165) is 24.1 Å². The van der Waals surface area contributed by atoms with E-state index in [1.165, 1.54) is 4.44 Å². The van der Waals surface area contributed by atoms with Gasteiger partial charge < -0.3 is 29.7 Å². The summed E-state index contributed by atoms with van der Waals surface area (Å²) in [5.41, 5.74) is 0. The first-order valence-corrected chi connectivity index (χ1v) is 7.25. The molecule has 20 heavy (non-hydrogen) atoms. The van der Waals surface area contributed by atoms with Crippen LogP contribution in [0.1, 0.15) is 13.8 Å². The molecule has 110 valence electrons. The Balaban J connectivity index is -0.0000000853. The number of carbonyl (C=O) groups is 3. The Morgan fingerprint density at radius 3 is 1.00 bits per heavy atom. The van der Waals surface area contributed by atoms with Crippen LogP contribution in [0, 0.1) is 5.92 Å². The van der Waals surface area contributed by atoms with Gasteiger partial charge in [0, 0.05) is 0 Å². The number of carboxylic acids is 3. The summed E-state index contributed by atoms with van der Waals surface area (Å²) in [5.74, 6) is -2.77. The zero-order chi connectivity index (χ0) is 17.1. The molecule has 0 aliphatic carbocycles. The van der Waals surface area contributed by atoms with Crippen molar-refractivity contribution in [3.63, 3.8) is 0 Å². The number of hydrogen-bond donors (Lipinski definition) is 0. The van der Waals surface area contributed by atoms with Gasteiger partial charge in [0.15, 0.2) is 0 Å². The maximum absolute atomic E-state index is 9.14. The molecule has 0 bridgehead atoms.